The van der Waals surface area contributed by atoms with Crippen LogP contribution >= 0.6 is 0 Å². The monoisotopic (exact) mass is 211 g/mol. The highest BCUT2D eigenvalue weighted by Gasteiger charge is 2.08. The molecule has 15 heavy (non-hydrogen) atoms. The van der Waals surface area contributed by atoms with Crippen LogP contribution in [0.1, 0.15) is 11.4 Å². The summed E-state index contributed by atoms with van der Waals surface area (Å²) in [5, 5.41) is 12.4. The molecule has 5 nitrogen and oxygen atoms in total. The number of aliphatic hydroxyl groups excluding tert-OH is 1. The fourth-order valence-corrected chi connectivity index (χ4v) is 1.51. The summed E-state index contributed by atoms with van der Waals surface area (Å²) >= 11 is 0. The van der Waals surface area contributed by atoms with Crippen molar-refractivity contribution in [2.45, 2.75) is 26.5 Å². The maximum absolute atomic E-state index is 11.5. The topological polar surface area (TPSA) is 67.2 Å². The number of rotatable bonds is 4. The minimum absolute atomic E-state index is 0.277. The quantitative estimate of drug-likeness (QED) is 0.700. The minimum atomic E-state index is -0.573. The molecule has 0 radical (unpaired) electrons. The second-order valence-corrected chi connectivity index (χ2v) is 3.64. The first-order chi connectivity index (χ1) is 7.04. The van der Waals surface area contributed by atoms with E-state index in [4.69, 9.17) is 0 Å². The molecular formula is C10H17N3O2. The Kier molecular flexibility index (Phi) is 3.99. The first-order valence-electron chi connectivity index (χ1n) is 4.92. The Labute approximate surface area is 88.8 Å². The van der Waals surface area contributed by atoms with Crippen molar-refractivity contribution in [3.05, 3.63) is 27.9 Å². The van der Waals surface area contributed by atoms with Crippen LogP contribution in [0.3, 0.4) is 0 Å². The Morgan fingerprint density at radius 1 is 1.60 bits per heavy atom. The zero-order valence-corrected chi connectivity index (χ0v) is 9.32. The van der Waals surface area contributed by atoms with Crippen molar-refractivity contribution in [3.63, 3.8) is 0 Å². The normalized spacial score (nSPS) is 12.8. The molecule has 0 aliphatic rings. The summed E-state index contributed by atoms with van der Waals surface area (Å²) in [6.45, 7) is 4.35. The zero-order chi connectivity index (χ0) is 11.4. The van der Waals surface area contributed by atoms with Gasteiger partial charge in [0.15, 0.2) is 0 Å². The van der Waals surface area contributed by atoms with Crippen molar-refractivity contribution in [2.75, 3.05) is 13.6 Å². The number of aryl methyl sites for hydroxylation is 2. The highest BCUT2D eigenvalue weighted by Crippen LogP contribution is 1.98. The van der Waals surface area contributed by atoms with Crippen molar-refractivity contribution >= 4 is 0 Å². The number of nitrogens with one attached hydrogen (secondary N) is 1. The molecule has 0 amide bonds. The van der Waals surface area contributed by atoms with E-state index in [1.54, 1.807) is 14.0 Å². The summed E-state index contributed by atoms with van der Waals surface area (Å²) in [4.78, 5) is 15.3. The molecule has 1 rings (SSSR count). The predicted octanol–water partition coefficient (Wildman–Crippen LogP) is -0.560. The number of hydrogen-bond acceptors (Lipinski definition) is 4. The van der Waals surface area contributed by atoms with E-state index in [-0.39, 0.29) is 12.2 Å². The number of aliphatic hydroxyl groups is 1. The summed E-state index contributed by atoms with van der Waals surface area (Å²) in [6, 6.07) is 1.83. The number of likely N-dealkylation sites (N-methyl/N-ethyl adjacent to an activating group) is 1. The highest BCUT2D eigenvalue weighted by atomic mass is 16.3. The van der Waals surface area contributed by atoms with Gasteiger partial charge in [0, 0.05) is 17.9 Å². The molecule has 0 saturated carbocycles. The number of hydrogen-bond donors (Lipinski definition) is 2. The third-order valence-electron chi connectivity index (χ3n) is 2.18. The molecule has 0 fully saturated rings. The fraction of sp³-hybridized carbons (Fsp3) is 0.600. The van der Waals surface area contributed by atoms with Crippen molar-refractivity contribution in [1.82, 2.24) is 14.9 Å². The van der Waals surface area contributed by atoms with Gasteiger partial charge in [-0.05, 0) is 27.0 Å². The van der Waals surface area contributed by atoms with Crippen LogP contribution in [0.4, 0.5) is 0 Å². The SMILES string of the molecule is CNCC(O)Cn1c(C)cc(C)nc1=O. The molecule has 84 valence electrons. The average molecular weight is 211 g/mol. The summed E-state index contributed by atoms with van der Waals surface area (Å²) in [6.07, 6.45) is -0.573. The number of nitrogens with zero attached hydrogens (tertiary/aromatic N) is 2. The van der Waals surface area contributed by atoms with Gasteiger partial charge in [-0.1, -0.05) is 0 Å². The van der Waals surface area contributed by atoms with E-state index in [1.807, 2.05) is 13.0 Å². The lowest BCUT2D eigenvalue weighted by Crippen LogP contribution is -2.34. The van der Waals surface area contributed by atoms with Crippen molar-refractivity contribution < 1.29 is 5.11 Å². The Morgan fingerprint density at radius 3 is 2.80 bits per heavy atom. The second kappa shape index (κ2) is 5.04. The zero-order valence-electron chi connectivity index (χ0n) is 9.32. The van der Waals surface area contributed by atoms with Crippen LogP contribution in [0, 0.1) is 13.8 Å². The Morgan fingerprint density at radius 2 is 2.27 bits per heavy atom. The maximum atomic E-state index is 11.5. The van der Waals surface area contributed by atoms with E-state index in [9.17, 15) is 9.90 Å². The Balaban J connectivity index is 2.90. The van der Waals surface area contributed by atoms with Gasteiger partial charge in [0.25, 0.3) is 0 Å². The van der Waals surface area contributed by atoms with Crippen LogP contribution in [-0.2, 0) is 6.54 Å². The lowest BCUT2D eigenvalue weighted by atomic mass is 10.3. The van der Waals surface area contributed by atoms with E-state index < -0.39 is 6.10 Å². The molecule has 0 aromatic carbocycles. The molecule has 1 unspecified atom stereocenters. The van der Waals surface area contributed by atoms with Gasteiger partial charge >= 0.3 is 5.69 Å². The van der Waals surface area contributed by atoms with Crippen LogP contribution in [0.5, 0.6) is 0 Å². The van der Waals surface area contributed by atoms with E-state index in [2.05, 4.69) is 10.3 Å². The second-order valence-electron chi connectivity index (χ2n) is 3.64. The molecule has 0 aliphatic carbocycles. The van der Waals surface area contributed by atoms with Gasteiger partial charge in [-0.2, -0.15) is 4.98 Å². The van der Waals surface area contributed by atoms with Crippen molar-refractivity contribution in [2.24, 2.45) is 0 Å². The van der Waals surface area contributed by atoms with Gasteiger partial charge in [-0.25, -0.2) is 4.79 Å². The first kappa shape index (κ1) is 11.9. The summed E-state index contributed by atoms with van der Waals surface area (Å²) < 4.78 is 1.48. The van der Waals surface area contributed by atoms with Gasteiger partial charge in [-0.15, -0.1) is 0 Å². The van der Waals surface area contributed by atoms with E-state index in [1.165, 1.54) is 4.57 Å². The third kappa shape index (κ3) is 3.14. The summed E-state index contributed by atoms with van der Waals surface area (Å²) in [7, 11) is 1.76. The molecule has 0 aliphatic heterocycles. The van der Waals surface area contributed by atoms with Crippen LogP contribution in [0.25, 0.3) is 0 Å². The standard InChI is InChI=1S/C10H17N3O2/c1-7-4-8(2)13(10(15)12-7)6-9(14)5-11-3/h4,9,11,14H,5-6H2,1-3H3. The summed E-state index contributed by atoms with van der Waals surface area (Å²) in [5.74, 6) is 0. The van der Waals surface area contributed by atoms with Gasteiger partial charge < -0.3 is 10.4 Å². The minimum Gasteiger partial charge on any atom is -0.390 e. The number of aromatic nitrogens is 2. The van der Waals surface area contributed by atoms with E-state index in [0.717, 1.165) is 5.69 Å². The highest BCUT2D eigenvalue weighted by molar-refractivity contribution is 5.06. The molecule has 0 bridgehead atoms. The third-order valence-corrected chi connectivity index (χ3v) is 2.18. The molecule has 2 N–H and O–H groups in total. The van der Waals surface area contributed by atoms with Crippen LogP contribution in [0.2, 0.25) is 0 Å². The lowest BCUT2D eigenvalue weighted by Gasteiger charge is -2.14. The lowest BCUT2D eigenvalue weighted by molar-refractivity contribution is 0.151. The fourth-order valence-electron chi connectivity index (χ4n) is 1.51. The van der Waals surface area contributed by atoms with Gasteiger partial charge in [0.1, 0.15) is 0 Å². The van der Waals surface area contributed by atoms with Crippen LogP contribution < -0.4 is 11.0 Å². The van der Waals surface area contributed by atoms with Crippen molar-refractivity contribution in [1.29, 1.82) is 0 Å². The molecule has 1 aromatic rings. The first-order valence-corrected chi connectivity index (χ1v) is 4.92. The molecule has 0 saturated heterocycles. The van der Waals surface area contributed by atoms with Gasteiger partial charge in [-0.3, -0.25) is 4.57 Å². The van der Waals surface area contributed by atoms with E-state index in [0.29, 0.717) is 12.2 Å². The average Bonchev–Trinajstić information content (AvgIpc) is 2.11. The largest absolute Gasteiger partial charge is 0.390 e. The predicted molar refractivity (Wildman–Crippen MR) is 57.9 cm³/mol. The maximum Gasteiger partial charge on any atom is 0.348 e. The molecule has 1 atom stereocenters. The smallest absolute Gasteiger partial charge is 0.348 e. The Hall–Kier alpha value is -1.20. The van der Waals surface area contributed by atoms with Gasteiger partial charge in [0.2, 0.25) is 0 Å². The van der Waals surface area contributed by atoms with Crippen LogP contribution in [-0.4, -0.2) is 34.4 Å². The van der Waals surface area contributed by atoms with Crippen LogP contribution in [0.15, 0.2) is 10.9 Å². The Bertz CT molecular complexity index is 387. The molecule has 1 aromatic heterocycles. The molecule has 0 spiro atoms. The van der Waals surface area contributed by atoms with Crippen molar-refractivity contribution in [3.8, 4) is 0 Å². The summed E-state index contributed by atoms with van der Waals surface area (Å²) in [5.41, 5.74) is 1.22. The molecule has 5 heteroatoms. The van der Waals surface area contributed by atoms with Gasteiger partial charge in [0.05, 0.1) is 12.6 Å². The molecule has 1 heterocycles. The van der Waals surface area contributed by atoms with E-state index >= 15 is 0 Å². The molecular weight excluding hydrogens is 194 g/mol.